The van der Waals surface area contributed by atoms with Crippen LogP contribution in [0.2, 0.25) is 0 Å². The fourth-order valence-electron chi connectivity index (χ4n) is 1.85. The van der Waals surface area contributed by atoms with E-state index >= 15 is 0 Å². The summed E-state index contributed by atoms with van der Waals surface area (Å²) in [5.41, 5.74) is 2.09. The third kappa shape index (κ3) is 6.36. The van der Waals surface area contributed by atoms with Gasteiger partial charge in [0.05, 0.1) is 0 Å². The first-order valence-corrected chi connectivity index (χ1v) is 6.61. The first kappa shape index (κ1) is 15.7. The lowest BCUT2D eigenvalue weighted by molar-refractivity contribution is -0.114. The Morgan fingerprint density at radius 3 is 2.42 bits per heavy atom. The van der Waals surface area contributed by atoms with Gasteiger partial charge in [-0.2, -0.15) is 0 Å². The number of hydrogen-bond donors (Lipinski definition) is 3. The second-order valence-electron chi connectivity index (χ2n) is 5.62. The van der Waals surface area contributed by atoms with E-state index < -0.39 is 0 Å². The summed E-state index contributed by atoms with van der Waals surface area (Å²) < 4.78 is 0. The standard InChI is InChI=1S/C15H24N2O2/c1-12(19)17-14-6-4-13(5-7-14)10-16-11-15(2,3)8-9-18/h4-7,16,18H,8-11H2,1-3H3,(H,17,19). The summed E-state index contributed by atoms with van der Waals surface area (Å²) in [6.07, 6.45) is 0.793. The van der Waals surface area contributed by atoms with Gasteiger partial charge in [0.2, 0.25) is 5.91 Å². The van der Waals surface area contributed by atoms with E-state index in [1.807, 2.05) is 24.3 Å². The van der Waals surface area contributed by atoms with Crippen LogP contribution in [0.25, 0.3) is 0 Å². The first-order chi connectivity index (χ1) is 8.93. The van der Waals surface area contributed by atoms with Crippen molar-refractivity contribution < 1.29 is 9.90 Å². The molecule has 0 fully saturated rings. The van der Waals surface area contributed by atoms with E-state index in [0.29, 0.717) is 0 Å². The van der Waals surface area contributed by atoms with Crippen LogP contribution in [0.3, 0.4) is 0 Å². The third-order valence-corrected chi connectivity index (χ3v) is 3.00. The van der Waals surface area contributed by atoms with Crippen molar-refractivity contribution in [1.29, 1.82) is 0 Å². The van der Waals surface area contributed by atoms with Crippen molar-refractivity contribution in [3.8, 4) is 0 Å². The molecule has 0 saturated carbocycles. The number of rotatable bonds is 7. The number of amides is 1. The predicted octanol–water partition coefficient (Wildman–Crippen LogP) is 2.14. The normalized spacial score (nSPS) is 11.4. The Kier molecular flexibility index (Phi) is 5.99. The number of aliphatic hydroxyl groups is 1. The molecule has 0 radical (unpaired) electrons. The highest BCUT2D eigenvalue weighted by Crippen LogP contribution is 2.18. The lowest BCUT2D eigenvalue weighted by Crippen LogP contribution is -2.29. The summed E-state index contributed by atoms with van der Waals surface area (Å²) in [4.78, 5) is 10.9. The minimum absolute atomic E-state index is 0.0587. The van der Waals surface area contributed by atoms with Crippen LogP contribution >= 0.6 is 0 Å². The Labute approximate surface area is 115 Å². The van der Waals surface area contributed by atoms with E-state index in [0.717, 1.165) is 25.2 Å². The lowest BCUT2D eigenvalue weighted by atomic mass is 9.90. The Morgan fingerprint density at radius 1 is 1.26 bits per heavy atom. The molecule has 0 aliphatic carbocycles. The molecule has 0 aliphatic heterocycles. The topological polar surface area (TPSA) is 61.4 Å². The highest BCUT2D eigenvalue weighted by atomic mass is 16.3. The Balaban J connectivity index is 2.40. The van der Waals surface area contributed by atoms with E-state index in [-0.39, 0.29) is 17.9 Å². The van der Waals surface area contributed by atoms with E-state index in [4.69, 9.17) is 5.11 Å². The monoisotopic (exact) mass is 264 g/mol. The fraction of sp³-hybridized carbons (Fsp3) is 0.533. The number of carbonyl (C=O) groups excluding carboxylic acids is 1. The summed E-state index contributed by atoms with van der Waals surface area (Å²) in [6, 6.07) is 7.79. The van der Waals surface area contributed by atoms with Crippen LogP contribution in [0.1, 0.15) is 32.8 Å². The molecule has 1 aromatic carbocycles. The average molecular weight is 264 g/mol. The molecular weight excluding hydrogens is 240 g/mol. The van der Waals surface area contributed by atoms with Gasteiger partial charge in [-0.05, 0) is 29.5 Å². The molecule has 1 amide bonds. The van der Waals surface area contributed by atoms with Crippen molar-refractivity contribution in [2.45, 2.75) is 33.7 Å². The Morgan fingerprint density at radius 2 is 1.89 bits per heavy atom. The van der Waals surface area contributed by atoms with Gasteiger partial charge in [-0.1, -0.05) is 26.0 Å². The molecule has 0 aliphatic rings. The zero-order valence-electron chi connectivity index (χ0n) is 12.0. The number of hydrogen-bond acceptors (Lipinski definition) is 3. The number of nitrogens with one attached hydrogen (secondary N) is 2. The smallest absolute Gasteiger partial charge is 0.221 e. The van der Waals surface area contributed by atoms with Gasteiger partial charge in [-0.25, -0.2) is 0 Å². The molecule has 1 aromatic rings. The lowest BCUT2D eigenvalue weighted by Gasteiger charge is -2.24. The zero-order chi connectivity index (χ0) is 14.3. The zero-order valence-corrected chi connectivity index (χ0v) is 12.0. The van der Waals surface area contributed by atoms with Crippen LogP contribution in [0.5, 0.6) is 0 Å². The van der Waals surface area contributed by atoms with Crippen LogP contribution < -0.4 is 10.6 Å². The van der Waals surface area contributed by atoms with Gasteiger partial charge in [0.1, 0.15) is 0 Å². The summed E-state index contributed by atoms with van der Waals surface area (Å²) in [7, 11) is 0. The molecule has 3 N–H and O–H groups in total. The largest absolute Gasteiger partial charge is 0.396 e. The maximum absolute atomic E-state index is 10.9. The van der Waals surface area contributed by atoms with Crippen LogP contribution in [-0.2, 0) is 11.3 Å². The first-order valence-electron chi connectivity index (χ1n) is 6.61. The van der Waals surface area contributed by atoms with E-state index in [9.17, 15) is 4.79 Å². The quantitative estimate of drug-likeness (QED) is 0.707. The number of benzene rings is 1. The van der Waals surface area contributed by atoms with E-state index in [1.54, 1.807) is 0 Å². The van der Waals surface area contributed by atoms with Gasteiger partial charge >= 0.3 is 0 Å². The van der Waals surface area contributed by atoms with Crippen LogP contribution in [-0.4, -0.2) is 24.2 Å². The molecule has 0 unspecified atom stereocenters. The van der Waals surface area contributed by atoms with E-state index in [1.165, 1.54) is 12.5 Å². The van der Waals surface area contributed by atoms with Crippen molar-refractivity contribution in [2.24, 2.45) is 5.41 Å². The SMILES string of the molecule is CC(=O)Nc1ccc(CNCC(C)(C)CCO)cc1. The Hall–Kier alpha value is -1.39. The van der Waals surface area contributed by atoms with Crippen molar-refractivity contribution in [3.05, 3.63) is 29.8 Å². The minimum Gasteiger partial charge on any atom is -0.396 e. The van der Waals surface area contributed by atoms with Gasteiger partial charge in [0, 0.05) is 32.3 Å². The molecule has 106 valence electrons. The molecule has 0 spiro atoms. The maximum Gasteiger partial charge on any atom is 0.221 e. The van der Waals surface area contributed by atoms with Crippen molar-refractivity contribution in [3.63, 3.8) is 0 Å². The maximum atomic E-state index is 10.9. The van der Waals surface area contributed by atoms with Gasteiger partial charge < -0.3 is 15.7 Å². The molecule has 0 aromatic heterocycles. The van der Waals surface area contributed by atoms with Crippen molar-refractivity contribution in [1.82, 2.24) is 5.32 Å². The van der Waals surface area contributed by atoms with Crippen LogP contribution in [0.4, 0.5) is 5.69 Å². The van der Waals surface area contributed by atoms with Crippen molar-refractivity contribution >= 4 is 11.6 Å². The number of anilines is 1. The molecule has 0 bridgehead atoms. The van der Waals surface area contributed by atoms with E-state index in [2.05, 4.69) is 24.5 Å². The molecule has 4 nitrogen and oxygen atoms in total. The molecule has 0 heterocycles. The Bertz CT molecular complexity index is 399. The van der Waals surface area contributed by atoms with Crippen LogP contribution in [0, 0.1) is 5.41 Å². The second kappa shape index (κ2) is 7.26. The second-order valence-corrected chi connectivity index (χ2v) is 5.62. The molecule has 0 atom stereocenters. The predicted molar refractivity (Wildman–Crippen MR) is 77.9 cm³/mol. The summed E-state index contributed by atoms with van der Waals surface area (Å²) >= 11 is 0. The highest BCUT2D eigenvalue weighted by Gasteiger charge is 2.16. The molecular formula is C15H24N2O2. The van der Waals surface area contributed by atoms with Gasteiger partial charge in [-0.15, -0.1) is 0 Å². The summed E-state index contributed by atoms with van der Waals surface area (Å²) in [6.45, 7) is 7.64. The summed E-state index contributed by atoms with van der Waals surface area (Å²) in [5.74, 6) is -0.0587. The molecule has 1 rings (SSSR count). The molecule has 0 saturated heterocycles. The minimum atomic E-state index is -0.0587. The van der Waals surface area contributed by atoms with Gasteiger partial charge in [-0.3, -0.25) is 4.79 Å². The van der Waals surface area contributed by atoms with Crippen LogP contribution in [0.15, 0.2) is 24.3 Å². The highest BCUT2D eigenvalue weighted by molar-refractivity contribution is 5.88. The number of aliphatic hydroxyl groups excluding tert-OH is 1. The number of carbonyl (C=O) groups is 1. The third-order valence-electron chi connectivity index (χ3n) is 3.00. The molecule has 4 heteroatoms. The fourth-order valence-corrected chi connectivity index (χ4v) is 1.85. The summed E-state index contributed by atoms with van der Waals surface area (Å²) in [5, 5.41) is 15.1. The van der Waals surface area contributed by atoms with Crippen molar-refractivity contribution in [2.75, 3.05) is 18.5 Å². The van der Waals surface area contributed by atoms with Gasteiger partial charge in [0.15, 0.2) is 0 Å². The molecule has 19 heavy (non-hydrogen) atoms. The average Bonchev–Trinajstić information content (AvgIpc) is 2.30. The van der Waals surface area contributed by atoms with Gasteiger partial charge in [0.25, 0.3) is 0 Å².